The molecule has 0 aliphatic rings. The predicted molar refractivity (Wildman–Crippen MR) is 101 cm³/mol. The molecule has 0 amide bonds. The van der Waals surface area contributed by atoms with Gasteiger partial charge in [0.25, 0.3) is 0 Å². The van der Waals surface area contributed by atoms with Gasteiger partial charge in [0.15, 0.2) is 11.2 Å². The van der Waals surface area contributed by atoms with Gasteiger partial charge in [0.1, 0.15) is 21.6 Å². The van der Waals surface area contributed by atoms with Gasteiger partial charge >= 0.3 is 0 Å². The lowest BCUT2D eigenvalue weighted by Crippen LogP contribution is -2.09. The van der Waals surface area contributed by atoms with E-state index in [1.165, 1.54) is 17.4 Å². The molecule has 0 radical (unpaired) electrons. The summed E-state index contributed by atoms with van der Waals surface area (Å²) in [5.41, 5.74) is 9.79. The van der Waals surface area contributed by atoms with Crippen molar-refractivity contribution in [2.45, 2.75) is 26.8 Å². The molecule has 0 unspecified atom stereocenters. The molecule has 1 atom stereocenters. The highest BCUT2D eigenvalue weighted by Gasteiger charge is 2.15. The number of nitrogens with zero attached hydrogens (tertiary/aromatic N) is 2. The molecular weight excluding hydrogens is 334 g/mol. The van der Waals surface area contributed by atoms with Crippen molar-refractivity contribution >= 4 is 32.7 Å². The summed E-state index contributed by atoms with van der Waals surface area (Å²) >= 11 is 1.52. The van der Waals surface area contributed by atoms with E-state index in [9.17, 15) is 4.79 Å². The van der Waals surface area contributed by atoms with Gasteiger partial charge in [-0.05, 0) is 44.5 Å². The van der Waals surface area contributed by atoms with Crippen LogP contribution in [0.1, 0.15) is 29.1 Å². The molecule has 126 valence electrons. The molecule has 0 spiro atoms. The highest BCUT2D eigenvalue weighted by atomic mass is 32.1. The number of benzene rings is 1. The maximum absolute atomic E-state index is 12.6. The van der Waals surface area contributed by atoms with Gasteiger partial charge in [-0.25, -0.2) is 9.97 Å². The summed E-state index contributed by atoms with van der Waals surface area (Å²) < 4.78 is 6.07. The molecule has 0 fully saturated rings. The van der Waals surface area contributed by atoms with Crippen molar-refractivity contribution in [1.29, 1.82) is 0 Å². The van der Waals surface area contributed by atoms with Crippen molar-refractivity contribution in [3.63, 3.8) is 0 Å². The Kier molecular flexibility index (Phi) is 3.67. The predicted octanol–water partition coefficient (Wildman–Crippen LogP) is 4.10. The second-order valence-corrected chi connectivity index (χ2v) is 7.43. The Balaban J connectivity index is 1.99. The minimum absolute atomic E-state index is 0.0933. The Hall–Kier alpha value is -2.57. The Morgan fingerprint density at radius 3 is 2.72 bits per heavy atom. The fourth-order valence-corrected chi connectivity index (χ4v) is 3.75. The first kappa shape index (κ1) is 15.9. The van der Waals surface area contributed by atoms with E-state index in [0.29, 0.717) is 22.4 Å². The van der Waals surface area contributed by atoms with Crippen molar-refractivity contribution < 1.29 is 4.42 Å². The molecule has 25 heavy (non-hydrogen) atoms. The van der Waals surface area contributed by atoms with Crippen LogP contribution in [0, 0.1) is 13.8 Å². The van der Waals surface area contributed by atoms with E-state index in [-0.39, 0.29) is 11.5 Å². The quantitative estimate of drug-likeness (QED) is 0.588. The van der Waals surface area contributed by atoms with Gasteiger partial charge in [-0.1, -0.05) is 17.4 Å². The van der Waals surface area contributed by atoms with Crippen LogP contribution in [0.25, 0.3) is 32.8 Å². The fraction of sp³-hybridized carbons (Fsp3) is 0.211. The zero-order chi connectivity index (χ0) is 17.7. The van der Waals surface area contributed by atoms with Crippen LogP contribution in [0.15, 0.2) is 39.5 Å². The lowest BCUT2D eigenvalue weighted by atomic mass is 10.0. The average molecular weight is 351 g/mol. The van der Waals surface area contributed by atoms with Crippen molar-refractivity contribution in [3.8, 4) is 11.5 Å². The minimum atomic E-state index is -0.236. The van der Waals surface area contributed by atoms with Gasteiger partial charge in [0, 0.05) is 17.7 Å². The molecule has 0 saturated heterocycles. The zero-order valence-electron chi connectivity index (χ0n) is 14.2. The molecule has 0 aliphatic carbocycles. The van der Waals surface area contributed by atoms with Crippen LogP contribution in [0.3, 0.4) is 0 Å². The third-order valence-corrected chi connectivity index (χ3v) is 4.99. The molecule has 3 heterocycles. The highest BCUT2D eigenvalue weighted by molar-refractivity contribution is 7.18. The van der Waals surface area contributed by atoms with E-state index in [2.05, 4.69) is 9.97 Å². The maximum atomic E-state index is 12.6. The normalized spacial score (nSPS) is 12.8. The van der Waals surface area contributed by atoms with E-state index >= 15 is 0 Å². The molecule has 0 bridgehead atoms. The van der Waals surface area contributed by atoms with E-state index < -0.39 is 0 Å². The molecule has 4 rings (SSSR count). The minimum Gasteiger partial charge on any atom is -0.454 e. The van der Waals surface area contributed by atoms with E-state index in [1.807, 2.05) is 45.0 Å². The van der Waals surface area contributed by atoms with E-state index in [1.54, 1.807) is 0 Å². The summed E-state index contributed by atoms with van der Waals surface area (Å²) in [4.78, 5) is 22.5. The number of rotatable bonds is 2. The van der Waals surface area contributed by atoms with Gasteiger partial charge < -0.3 is 10.2 Å². The molecule has 0 aliphatic heterocycles. The maximum Gasteiger partial charge on any atom is 0.193 e. The number of fused-ring (bicyclic) bond motifs is 2. The van der Waals surface area contributed by atoms with Gasteiger partial charge in [-0.2, -0.15) is 0 Å². The number of pyridine rings is 1. The highest BCUT2D eigenvalue weighted by Crippen LogP contribution is 2.29. The third-order valence-electron chi connectivity index (χ3n) is 4.11. The first-order valence-corrected chi connectivity index (χ1v) is 8.82. The Morgan fingerprint density at radius 2 is 1.96 bits per heavy atom. The molecule has 0 saturated carbocycles. The number of hydrogen-bond donors (Lipinski definition) is 1. The summed E-state index contributed by atoms with van der Waals surface area (Å²) in [6.45, 7) is 5.77. The van der Waals surface area contributed by atoms with Crippen LogP contribution < -0.4 is 11.2 Å². The van der Waals surface area contributed by atoms with Crippen LogP contribution in [0.4, 0.5) is 0 Å². The summed E-state index contributed by atoms with van der Waals surface area (Å²) in [5.74, 6) is 0.441. The number of aromatic nitrogens is 2. The van der Waals surface area contributed by atoms with Gasteiger partial charge in [-0.3, -0.25) is 4.79 Å². The number of aryl methyl sites for hydroxylation is 2. The van der Waals surface area contributed by atoms with Gasteiger partial charge in [0.05, 0.1) is 10.4 Å². The van der Waals surface area contributed by atoms with Crippen molar-refractivity contribution in [3.05, 3.63) is 56.7 Å². The molecule has 6 heteroatoms. The fourth-order valence-electron chi connectivity index (χ4n) is 2.96. The Labute approximate surface area is 148 Å². The summed E-state index contributed by atoms with van der Waals surface area (Å²) in [6, 6.07) is 8.77. The number of hydrogen-bond acceptors (Lipinski definition) is 6. The van der Waals surface area contributed by atoms with Crippen LogP contribution in [0.2, 0.25) is 0 Å². The first-order chi connectivity index (χ1) is 11.9. The lowest BCUT2D eigenvalue weighted by molar-refractivity contribution is 0.605. The lowest BCUT2D eigenvalue weighted by Gasteiger charge is -2.11. The monoisotopic (exact) mass is 351 g/mol. The summed E-state index contributed by atoms with van der Waals surface area (Å²) in [5, 5.41) is 1.50. The number of nitrogens with two attached hydrogens (primary N) is 1. The third kappa shape index (κ3) is 2.73. The summed E-state index contributed by atoms with van der Waals surface area (Å²) in [6.07, 6.45) is 0. The second-order valence-electron chi connectivity index (χ2n) is 6.25. The van der Waals surface area contributed by atoms with Gasteiger partial charge in [0.2, 0.25) is 0 Å². The summed E-state index contributed by atoms with van der Waals surface area (Å²) in [7, 11) is 0. The van der Waals surface area contributed by atoms with Crippen molar-refractivity contribution in [2.75, 3.05) is 0 Å². The Bertz CT molecular complexity index is 1170. The van der Waals surface area contributed by atoms with Crippen LogP contribution in [-0.4, -0.2) is 9.97 Å². The molecule has 5 nitrogen and oxygen atoms in total. The van der Waals surface area contributed by atoms with E-state index in [4.69, 9.17) is 10.2 Å². The molecular formula is C19H17N3O2S. The molecule has 4 aromatic rings. The molecule has 1 aromatic carbocycles. The van der Waals surface area contributed by atoms with Crippen molar-refractivity contribution in [1.82, 2.24) is 9.97 Å². The Morgan fingerprint density at radius 1 is 1.16 bits per heavy atom. The molecule has 3 aromatic heterocycles. The van der Waals surface area contributed by atoms with E-state index in [0.717, 1.165) is 26.5 Å². The van der Waals surface area contributed by atoms with Crippen LogP contribution >= 0.6 is 11.3 Å². The smallest absolute Gasteiger partial charge is 0.193 e. The SMILES string of the molecule is Cc1cc([C@@H](C)N)c2oc(-c3ccc4nc(C)sc4n3)cc(=O)c2c1. The topological polar surface area (TPSA) is 82.0 Å². The standard InChI is InChI=1S/C19H17N3O2S/c1-9-6-12(10(2)20)18-13(7-9)16(23)8-17(24-18)14-4-5-15-19(22-14)25-11(3)21-15/h4-8,10H,20H2,1-3H3/t10-/m1/s1. The number of thiazole rings is 1. The largest absolute Gasteiger partial charge is 0.454 e. The van der Waals surface area contributed by atoms with Crippen LogP contribution in [0.5, 0.6) is 0 Å². The van der Waals surface area contributed by atoms with Crippen LogP contribution in [-0.2, 0) is 0 Å². The second kappa shape index (κ2) is 5.75. The average Bonchev–Trinajstić information content (AvgIpc) is 2.93. The first-order valence-electron chi connectivity index (χ1n) is 8.01. The van der Waals surface area contributed by atoms with Crippen molar-refractivity contribution in [2.24, 2.45) is 5.73 Å². The zero-order valence-corrected chi connectivity index (χ0v) is 15.0. The van der Waals surface area contributed by atoms with Gasteiger partial charge in [-0.15, -0.1) is 0 Å². The molecule has 2 N–H and O–H groups in total.